The Labute approximate surface area is 109 Å². The van der Waals surface area contributed by atoms with Gasteiger partial charge >= 0.3 is 0 Å². The highest BCUT2D eigenvalue weighted by atomic mass is 16.6. The van der Waals surface area contributed by atoms with Crippen molar-refractivity contribution in [1.82, 2.24) is 0 Å². The first kappa shape index (κ1) is 12.8. The molecule has 0 aliphatic rings. The molecule has 0 aromatic heterocycles. The van der Waals surface area contributed by atoms with Crippen LogP contribution in [-0.4, -0.2) is 11.2 Å². The van der Waals surface area contributed by atoms with Gasteiger partial charge in [-0.05, 0) is 29.4 Å². The standard InChI is InChI=1S/C14H11NO4/c16-9-12-7-11(6-10-4-2-1-3-5-10)8-13(14(12)17)15(18)19/h1-5,7-9,17H,6H2/p-1. The molecule has 2 rings (SSSR count). The molecule has 2 aromatic rings. The average molecular weight is 256 g/mol. The van der Waals surface area contributed by atoms with Gasteiger partial charge in [0.2, 0.25) is 0 Å². The summed E-state index contributed by atoms with van der Waals surface area (Å²) in [6.45, 7) is 0. The quantitative estimate of drug-likeness (QED) is 0.476. The van der Waals surface area contributed by atoms with Gasteiger partial charge in [-0.15, -0.1) is 0 Å². The van der Waals surface area contributed by atoms with Gasteiger partial charge in [-0.3, -0.25) is 14.9 Å². The Kier molecular flexibility index (Phi) is 3.56. The molecule has 0 fully saturated rings. The molecule has 0 heterocycles. The zero-order valence-electron chi connectivity index (χ0n) is 9.91. The van der Waals surface area contributed by atoms with Gasteiger partial charge in [0.1, 0.15) is 6.29 Å². The van der Waals surface area contributed by atoms with Crippen molar-refractivity contribution < 1.29 is 14.8 Å². The van der Waals surface area contributed by atoms with Crippen LogP contribution in [0.15, 0.2) is 42.5 Å². The van der Waals surface area contributed by atoms with Gasteiger partial charge in [0, 0.05) is 11.6 Å². The van der Waals surface area contributed by atoms with Gasteiger partial charge in [0.25, 0.3) is 5.69 Å². The number of carbonyl (C=O) groups excluding carboxylic acids is 1. The minimum absolute atomic E-state index is 0.180. The molecule has 5 heteroatoms. The summed E-state index contributed by atoms with van der Waals surface area (Å²) in [5.74, 6) is -0.836. The molecule has 0 aliphatic heterocycles. The zero-order valence-corrected chi connectivity index (χ0v) is 9.91. The highest BCUT2D eigenvalue weighted by molar-refractivity contribution is 5.82. The molecule has 0 saturated carbocycles. The molecular weight excluding hydrogens is 246 g/mol. The van der Waals surface area contributed by atoms with Crippen molar-refractivity contribution in [2.75, 3.05) is 0 Å². The average Bonchev–Trinajstić information content (AvgIpc) is 2.41. The van der Waals surface area contributed by atoms with Crippen molar-refractivity contribution in [1.29, 1.82) is 0 Å². The second-order valence-corrected chi connectivity index (χ2v) is 4.07. The summed E-state index contributed by atoms with van der Waals surface area (Å²) >= 11 is 0. The molecule has 0 bridgehead atoms. The van der Waals surface area contributed by atoms with Crippen LogP contribution in [0.3, 0.4) is 0 Å². The Morgan fingerprint density at radius 2 is 1.79 bits per heavy atom. The lowest BCUT2D eigenvalue weighted by atomic mass is 10.0. The molecule has 0 atom stereocenters. The van der Waals surface area contributed by atoms with Crippen LogP contribution in [0.1, 0.15) is 21.5 Å². The van der Waals surface area contributed by atoms with Gasteiger partial charge in [0.15, 0.2) is 0 Å². The number of carbonyl (C=O) groups is 1. The summed E-state index contributed by atoms with van der Waals surface area (Å²) in [6, 6.07) is 11.9. The Morgan fingerprint density at radius 1 is 1.11 bits per heavy atom. The van der Waals surface area contributed by atoms with E-state index in [9.17, 15) is 20.0 Å². The van der Waals surface area contributed by atoms with Crippen molar-refractivity contribution in [3.05, 3.63) is 69.3 Å². The molecule has 2 aromatic carbocycles. The number of hydrogen-bond donors (Lipinski definition) is 0. The predicted octanol–water partition coefficient (Wildman–Crippen LogP) is 2.07. The first-order valence-electron chi connectivity index (χ1n) is 5.59. The van der Waals surface area contributed by atoms with Gasteiger partial charge in [-0.25, -0.2) is 0 Å². The first-order valence-corrected chi connectivity index (χ1v) is 5.59. The number of aldehydes is 1. The molecule has 0 amide bonds. The van der Waals surface area contributed by atoms with E-state index in [0.29, 0.717) is 18.3 Å². The molecular formula is C14H10NO4-. The normalized spacial score (nSPS) is 10.1. The van der Waals surface area contributed by atoms with Crippen LogP contribution in [-0.2, 0) is 6.42 Å². The van der Waals surface area contributed by atoms with Crippen molar-refractivity contribution in [2.45, 2.75) is 6.42 Å². The minimum Gasteiger partial charge on any atom is -0.867 e. The van der Waals surface area contributed by atoms with Crippen molar-refractivity contribution in [2.24, 2.45) is 0 Å². The van der Waals surface area contributed by atoms with E-state index in [1.807, 2.05) is 30.3 Å². The molecule has 0 spiro atoms. The van der Waals surface area contributed by atoms with E-state index in [4.69, 9.17) is 0 Å². The summed E-state index contributed by atoms with van der Waals surface area (Å²) in [5.41, 5.74) is 0.780. The van der Waals surface area contributed by atoms with E-state index in [1.54, 1.807) is 0 Å². The molecule has 0 saturated heterocycles. The SMILES string of the molecule is O=Cc1cc(Cc2ccccc2)cc([N+](=O)[O-])c1[O-]. The zero-order chi connectivity index (χ0) is 13.8. The Hall–Kier alpha value is -2.69. The van der Waals surface area contributed by atoms with Crippen LogP contribution >= 0.6 is 0 Å². The summed E-state index contributed by atoms with van der Waals surface area (Å²) < 4.78 is 0. The van der Waals surface area contributed by atoms with Gasteiger partial charge in [-0.1, -0.05) is 30.3 Å². The first-order chi connectivity index (χ1) is 9.11. The third kappa shape index (κ3) is 2.77. The summed E-state index contributed by atoms with van der Waals surface area (Å²) in [5, 5.41) is 22.4. The number of benzene rings is 2. The van der Waals surface area contributed by atoms with Crippen LogP contribution in [0.4, 0.5) is 5.69 Å². The fourth-order valence-electron chi connectivity index (χ4n) is 1.85. The van der Waals surface area contributed by atoms with Gasteiger partial charge in [0.05, 0.1) is 4.92 Å². The van der Waals surface area contributed by atoms with Crippen LogP contribution in [0.25, 0.3) is 0 Å². The number of rotatable bonds is 4. The maximum atomic E-state index is 11.6. The largest absolute Gasteiger partial charge is 0.867 e. The van der Waals surface area contributed by atoms with Gasteiger partial charge < -0.3 is 5.11 Å². The summed E-state index contributed by atoms with van der Waals surface area (Å²) in [7, 11) is 0. The highest BCUT2D eigenvalue weighted by Gasteiger charge is 2.12. The molecule has 0 unspecified atom stereocenters. The fourth-order valence-corrected chi connectivity index (χ4v) is 1.85. The second-order valence-electron chi connectivity index (χ2n) is 4.07. The molecule has 19 heavy (non-hydrogen) atoms. The number of nitrogens with zero attached hydrogens (tertiary/aromatic N) is 1. The number of hydrogen-bond acceptors (Lipinski definition) is 4. The Bertz CT molecular complexity index is 623. The van der Waals surface area contributed by atoms with E-state index in [1.165, 1.54) is 12.1 Å². The fraction of sp³-hybridized carbons (Fsp3) is 0.0714. The Balaban J connectivity index is 2.44. The van der Waals surface area contributed by atoms with Crippen molar-refractivity contribution in [3.8, 4) is 5.75 Å². The third-order valence-electron chi connectivity index (χ3n) is 2.73. The number of nitro groups is 1. The maximum Gasteiger partial charge on any atom is 0.262 e. The predicted molar refractivity (Wildman–Crippen MR) is 67.2 cm³/mol. The maximum absolute atomic E-state index is 11.6. The van der Waals surface area contributed by atoms with Crippen molar-refractivity contribution >= 4 is 12.0 Å². The highest BCUT2D eigenvalue weighted by Crippen LogP contribution is 2.28. The molecule has 96 valence electrons. The van der Waals surface area contributed by atoms with E-state index in [0.717, 1.165) is 5.56 Å². The monoisotopic (exact) mass is 256 g/mol. The van der Waals surface area contributed by atoms with E-state index in [2.05, 4.69) is 0 Å². The Morgan fingerprint density at radius 3 is 2.37 bits per heavy atom. The third-order valence-corrected chi connectivity index (χ3v) is 2.73. The smallest absolute Gasteiger partial charge is 0.262 e. The van der Waals surface area contributed by atoms with E-state index >= 15 is 0 Å². The van der Waals surface area contributed by atoms with Crippen molar-refractivity contribution in [3.63, 3.8) is 0 Å². The van der Waals surface area contributed by atoms with E-state index < -0.39 is 16.4 Å². The summed E-state index contributed by atoms with van der Waals surface area (Å²) in [4.78, 5) is 20.8. The van der Waals surface area contributed by atoms with Crippen LogP contribution < -0.4 is 5.11 Å². The summed E-state index contributed by atoms with van der Waals surface area (Å²) in [6.07, 6.45) is 0.784. The minimum atomic E-state index is -0.836. The lowest BCUT2D eigenvalue weighted by Crippen LogP contribution is -2.03. The van der Waals surface area contributed by atoms with Crippen LogP contribution in [0.2, 0.25) is 0 Å². The van der Waals surface area contributed by atoms with Crippen LogP contribution in [0, 0.1) is 10.1 Å². The lowest BCUT2D eigenvalue weighted by Gasteiger charge is -2.12. The molecule has 0 radical (unpaired) electrons. The van der Waals surface area contributed by atoms with E-state index in [-0.39, 0.29) is 5.56 Å². The molecule has 0 aliphatic carbocycles. The number of nitro benzene ring substituents is 1. The molecule has 0 N–H and O–H groups in total. The lowest BCUT2D eigenvalue weighted by molar-refractivity contribution is -0.398. The van der Waals surface area contributed by atoms with Gasteiger partial charge in [-0.2, -0.15) is 0 Å². The van der Waals surface area contributed by atoms with Crippen LogP contribution in [0.5, 0.6) is 5.75 Å². The molecule has 5 nitrogen and oxygen atoms in total. The second kappa shape index (κ2) is 5.30. The topological polar surface area (TPSA) is 83.3 Å².